The van der Waals surface area contributed by atoms with Crippen molar-refractivity contribution >= 4 is 12.1 Å². The zero-order valence-electron chi connectivity index (χ0n) is 17.5. The Morgan fingerprint density at radius 3 is 2.21 bits per heavy atom. The lowest BCUT2D eigenvalue weighted by molar-refractivity contribution is -0.167. The summed E-state index contributed by atoms with van der Waals surface area (Å²) in [7, 11) is 4.17. The lowest BCUT2D eigenvalue weighted by atomic mass is 9.76. The van der Waals surface area contributed by atoms with E-state index in [2.05, 4.69) is 0 Å². The van der Waals surface area contributed by atoms with E-state index in [9.17, 15) is 14.7 Å². The number of ether oxygens (including phenoxy) is 4. The van der Waals surface area contributed by atoms with Crippen LogP contribution in [0.5, 0.6) is 11.5 Å². The number of hydrogen-bond donors (Lipinski definition) is 1. The van der Waals surface area contributed by atoms with E-state index < -0.39 is 28.8 Å². The van der Waals surface area contributed by atoms with Crippen molar-refractivity contribution in [1.82, 2.24) is 4.90 Å². The average molecular weight is 395 g/mol. The SMILES string of the molecule is COC(=O)[C@@]1(c2ccc(OC)c(OC)c2)N(C(=O)OC(C)(C)C)CC[C@@]1(C)O. The molecule has 0 aliphatic carbocycles. The molecule has 8 heteroatoms. The first-order valence-electron chi connectivity index (χ1n) is 8.98. The summed E-state index contributed by atoms with van der Waals surface area (Å²) < 4.78 is 21.2. The van der Waals surface area contributed by atoms with E-state index >= 15 is 0 Å². The Morgan fingerprint density at radius 1 is 1.11 bits per heavy atom. The zero-order chi connectivity index (χ0) is 21.3. The number of benzene rings is 1. The van der Waals surface area contributed by atoms with Gasteiger partial charge in [0.25, 0.3) is 0 Å². The fourth-order valence-electron chi connectivity index (χ4n) is 3.64. The van der Waals surface area contributed by atoms with Crippen molar-refractivity contribution in [2.75, 3.05) is 27.9 Å². The molecule has 156 valence electrons. The highest BCUT2D eigenvalue weighted by molar-refractivity contribution is 5.90. The van der Waals surface area contributed by atoms with E-state index in [4.69, 9.17) is 18.9 Å². The van der Waals surface area contributed by atoms with Crippen LogP contribution in [0.4, 0.5) is 4.79 Å². The third-order valence-electron chi connectivity index (χ3n) is 4.90. The summed E-state index contributed by atoms with van der Waals surface area (Å²) in [5.74, 6) is 0.0379. The number of nitrogens with zero attached hydrogens (tertiary/aromatic N) is 1. The fourth-order valence-corrected chi connectivity index (χ4v) is 3.64. The van der Waals surface area contributed by atoms with Gasteiger partial charge in [0.2, 0.25) is 0 Å². The molecule has 2 rings (SSSR count). The number of carbonyl (C=O) groups excluding carboxylic acids is 2. The first kappa shape index (κ1) is 21.8. The summed E-state index contributed by atoms with van der Waals surface area (Å²) in [6, 6.07) is 4.78. The number of methoxy groups -OCH3 is 3. The molecule has 2 atom stereocenters. The minimum Gasteiger partial charge on any atom is -0.493 e. The molecule has 1 amide bonds. The maximum absolute atomic E-state index is 13.1. The largest absolute Gasteiger partial charge is 0.493 e. The molecule has 0 radical (unpaired) electrons. The Hall–Kier alpha value is -2.48. The van der Waals surface area contributed by atoms with Crippen molar-refractivity contribution in [3.05, 3.63) is 23.8 Å². The number of aliphatic hydroxyl groups is 1. The van der Waals surface area contributed by atoms with Crippen LogP contribution in [0.1, 0.15) is 39.7 Å². The standard InChI is InChI=1S/C20H29NO7/c1-18(2,3)28-17(23)21-11-10-19(4,24)20(21,16(22)27-7)13-8-9-14(25-5)15(12-13)26-6/h8-9,12,24H,10-11H2,1-7H3/t19-,20-/m1/s1. The first-order valence-corrected chi connectivity index (χ1v) is 8.98. The van der Waals surface area contributed by atoms with Crippen molar-refractivity contribution in [2.45, 2.75) is 50.9 Å². The first-order chi connectivity index (χ1) is 12.9. The summed E-state index contributed by atoms with van der Waals surface area (Å²) in [5, 5.41) is 11.2. The number of rotatable bonds is 4. The average Bonchev–Trinajstić information content (AvgIpc) is 2.90. The molecule has 0 unspecified atom stereocenters. The molecule has 0 spiro atoms. The molecule has 8 nitrogen and oxygen atoms in total. The van der Waals surface area contributed by atoms with Crippen LogP contribution in [0.25, 0.3) is 0 Å². The second-order valence-electron chi connectivity index (χ2n) is 7.93. The highest BCUT2D eigenvalue weighted by atomic mass is 16.6. The molecular formula is C20H29NO7. The second-order valence-corrected chi connectivity index (χ2v) is 7.93. The number of hydrogen-bond acceptors (Lipinski definition) is 7. The summed E-state index contributed by atoms with van der Waals surface area (Å²) in [6.45, 7) is 6.82. The minimum absolute atomic E-state index is 0.116. The molecule has 0 saturated carbocycles. The molecule has 1 aliphatic rings. The van der Waals surface area contributed by atoms with Gasteiger partial charge in [-0.25, -0.2) is 9.59 Å². The lowest BCUT2D eigenvalue weighted by Crippen LogP contribution is -2.61. The van der Waals surface area contributed by atoms with Crippen LogP contribution in [0, 0.1) is 0 Å². The smallest absolute Gasteiger partial charge is 0.411 e. The fraction of sp³-hybridized carbons (Fsp3) is 0.600. The molecule has 1 heterocycles. The van der Waals surface area contributed by atoms with Crippen molar-refractivity contribution in [2.24, 2.45) is 0 Å². The molecule has 28 heavy (non-hydrogen) atoms. The van der Waals surface area contributed by atoms with Crippen molar-refractivity contribution in [3.63, 3.8) is 0 Å². The van der Waals surface area contributed by atoms with Crippen LogP contribution in [-0.2, 0) is 19.8 Å². The summed E-state index contributed by atoms with van der Waals surface area (Å²) in [5.41, 5.74) is -3.84. The van der Waals surface area contributed by atoms with Gasteiger partial charge in [-0.15, -0.1) is 0 Å². The van der Waals surface area contributed by atoms with Gasteiger partial charge in [0.1, 0.15) is 11.2 Å². The van der Waals surface area contributed by atoms with Gasteiger partial charge >= 0.3 is 12.1 Å². The highest BCUT2D eigenvalue weighted by Gasteiger charge is 2.65. The van der Waals surface area contributed by atoms with Crippen LogP contribution in [0.2, 0.25) is 0 Å². The summed E-state index contributed by atoms with van der Waals surface area (Å²) in [6.07, 6.45) is -0.555. The van der Waals surface area contributed by atoms with Crippen LogP contribution in [0.15, 0.2) is 18.2 Å². The van der Waals surface area contributed by atoms with Gasteiger partial charge in [0.15, 0.2) is 17.0 Å². The summed E-state index contributed by atoms with van der Waals surface area (Å²) >= 11 is 0. The van der Waals surface area contributed by atoms with Gasteiger partial charge in [0, 0.05) is 6.54 Å². The van der Waals surface area contributed by atoms with E-state index in [1.807, 2.05) is 0 Å². The molecule has 0 aromatic heterocycles. The molecule has 1 fully saturated rings. The second kappa shape index (κ2) is 7.50. The van der Waals surface area contributed by atoms with Crippen molar-refractivity contribution in [1.29, 1.82) is 0 Å². The van der Waals surface area contributed by atoms with Gasteiger partial charge in [-0.2, -0.15) is 0 Å². The maximum Gasteiger partial charge on any atom is 0.411 e. The Bertz CT molecular complexity index is 753. The van der Waals surface area contributed by atoms with Crippen molar-refractivity contribution in [3.8, 4) is 11.5 Å². The number of amides is 1. The molecule has 1 saturated heterocycles. The van der Waals surface area contributed by atoms with E-state index in [1.165, 1.54) is 33.2 Å². The number of esters is 1. The highest BCUT2D eigenvalue weighted by Crippen LogP contribution is 2.49. The van der Waals surface area contributed by atoms with E-state index in [0.717, 1.165) is 0 Å². The zero-order valence-corrected chi connectivity index (χ0v) is 17.5. The predicted octanol–water partition coefficient (Wildman–Crippen LogP) is 2.46. The van der Waals surface area contributed by atoms with Gasteiger partial charge < -0.3 is 24.1 Å². The van der Waals surface area contributed by atoms with Gasteiger partial charge in [-0.05, 0) is 51.8 Å². The van der Waals surface area contributed by atoms with Gasteiger partial charge in [0.05, 0.1) is 21.3 Å². The van der Waals surface area contributed by atoms with Gasteiger partial charge in [-0.1, -0.05) is 6.07 Å². The molecule has 1 N–H and O–H groups in total. The molecule has 0 bridgehead atoms. The number of likely N-dealkylation sites (tertiary alicyclic amines) is 1. The Morgan fingerprint density at radius 2 is 1.71 bits per heavy atom. The Labute approximate surface area is 165 Å². The van der Waals surface area contributed by atoms with Crippen LogP contribution < -0.4 is 9.47 Å². The van der Waals surface area contributed by atoms with E-state index in [-0.39, 0.29) is 13.0 Å². The quantitative estimate of drug-likeness (QED) is 0.783. The third-order valence-corrected chi connectivity index (χ3v) is 4.90. The maximum atomic E-state index is 13.1. The van der Waals surface area contributed by atoms with Crippen LogP contribution >= 0.6 is 0 Å². The number of carbonyl (C=O) groups is 2. The molecule has 1 aromatic carbocycles. The third kappa shape index (κ3) is 3.48. The molecule has 1 aliphatic heterocycles. The van der Waals surface area contributed by atoms with Gasteiger partial charge in [-0.3, -0.25) is 4.90 Å². The summed E-state index contributed by atoms with van der Waals surface area (Å²) in [4.78, 5) is 27.3. The van der Waals surface area contributed by atoms with E-state index in [0.29, 0.717) is 17.1 Å². The monoisotopic (exact) mass is 395 g/mol. The van der Waals surface area contributed by atoms with E-state index in [1.54, 1.807) is 39.0 Å². The van der Waals surface area contributed by atoms with Crippen molar-refractivity contribution < 1.29 is 33.6 Å². The normalized spacial score (nSPS) is 24.6. The Kier molecular flexibility index (Phi) is 5.85. The predicted molar refractivity (Wildman–Crippen MR) is 101 cm³/mol. The minimum atomic E-state index is -1.80. The lowest BCUT2D eigenvalue weighted by Gasteiger charge is -2.43. The molecule has 1 aromatic rings. The van der Waals surface area contributed by atoms with Crippen LogP contribution in [-0.4, -0.2) is 61.1 Å². The topological polar surface area (TPSA) is 94.5 Å². The van der Waals surface area contributed by atoms with Crippen LogP contribution in [0.3, 0.4) is 0 Å². The Balaban J connectivity index is 2.72. The molecular weight excluding hydrogens is 366 g/mol.